The van der Waals surface area contributed by atoms with Gasteiger partial charge in [-0.25, -0.2) is 8.42 Å². The summed E-state index contributed by atoms with van der Waals surface area (Å²) in [5.74, 6) is 0. The van der Waals surface area contributed by atoms with E-state index in [-0.39, 0.29) is 5.25 Å². The fraction of sp³-hybridized carbons (Fsp3) is 0.333. The first-order chi connectivity index (χ1) is 6.18. The first-order valence-electron chi connectivity index (χ1n) is 4.16. The summed E-state index contributed by atoms with van der Waals surface area (Å²) in [7, 11) is -3.10. The maximum atomic E-state index is 11.4. The van der Waals surface area contributed by atoms with E-state index in [2.05, 4.69) is 10.8 Å². The van der Waals surface area contributed by atoms with Crippen LogP contribution in [0.2, 0.25) is 0 Å². The smallest absolute Gasteiger partial charge is 0.235 e. The minimum Gasteiger partial charge on any atom is -0.283 e. The third kappa shape index (κ3) is 2.01. The molecule has 0 saturated heterocycles. The van der Waals surface area contributed by atoms with Crippen molar-refractivity contribution in [3.8, 4) is 0 Å². The quantitative estimate of drug-likeness (QED) is 0.794. The van der Waals surface area contributed by atoms with Gasteiger partial charge >= 0.3 is 0 Å². The molecule has 13 heavy (non-hydrogen) atoms. The summed E-state index contributed by atoms with van der Waals surface area (Å²) in [4.78, 5) is 0. The first kappa shape index (κ1) is 8.56. The molecule has 0 aliphatic heterocycles. The Balaban J connectivity index is 2.14. The second-order valence-electron chi connectivity index (χ2n) is 3.14. The average molecular weight is 196 g/mol. The monoisotopic (exact) mass is 196 g/mol. The van der Waals surface area contributed by atoms with Crippen LogP contribution in [-0.4, -0.2) is 13.7 Å². The number of sulfonamides is 1. The van der Waals surface area contributed by atoms with Crippen molar-refractivity contribution in [3.63, 3.8) is 0 Å². The van der Waals surface area contributed by atoms with Crippen LogP contribution in [0.25, 0.3) is 0 Å². The van der Waals surface area contributed by atoms with Crippen molar-refractivity contribution in [3.05, 3.63) is 30.3 Å². The van der Waals surface area contributed by atoms with Crippen molar-refractivity contribution in [2.24, 2.45) is 0 Å². The van der Waals surface area contributed by atoms with Crippen molar-refractivity contribution in [2.75, 3.05) is 4.72 Å². The number of rotatable bonds is 3. The van der Waals surface area contributed by atoms with Gasteiger partial charge in [0.25, 0.3) is 0 Å². The van der Waals surface area contributed by atoms with Gasteiger partial charge in [-0.05, 0) is 31.0 Å². The molecule has 1 aromatic rings. The maximum Gasteiger partial charge on any atom is 0.235 e. The average Bonchev–Trinajstić information content (AvgIpc) is 2.87. The van der Waals surface area contributed by atoms with Crippen molar-refractivity contribution < 1.29 is 8.42 Å². The van der Waals surface area contributed by atoms with E-state index in [9.17, 15) is 8.42 Å². The zero-order valence-electron chi connectivity index (χ0n) is 7.03. The second-order valence-corrected chi connectivity index (χ2v) is 5.10. The lowest BCUT2D eigenvalue weighted by molar-refractivity contribution is 0.600. The largest absolute Gasteiger partial charge is 0.283 e. The molecule has 3 nitrogen and oxygen atoms in total. The Bertz CT molecular complexity index is 381. The van der Waals surface area contributed by atoms with Gasteiger partial charge in [0, 0.05) is 5.69 Å². The standard InChI is InChI=1S/C9H10NO2S/c11-13(12,9-6-7-9)10-8-4-2-1-3-5-8/h2-5,9-10H,6-7H2. The molecule has 0 heterocycles. The molecule has 1 aliphatic carbocycles. The molecule has 1 radical (unpaired) electrons. The van der Waals surface area contributed by atoms with E-state index < -0.39 is 10.0 Å². The molecule has 1 aliphatic rings. The Morgan fingerprint density at radius 1 is 1.31 bits per heavy atom. The number of hydrogen-bond donors (Lipinski definition) is 1. The van der Waals surface area contributed by atoms with E-state index in [0.29, 0.717) is 5.69 Å². The molecule has 0 atom stereocenters. The minimum absolute atomic E-state index is 0.170. The molecule has 0 unspecified atom stereocenters. The molecule has 0 spiro atoms. The normalized spacial score (nSPS) is 16.9. The highest BCUT2D eigenvalue weighted by molar-refractivity contribution is 7.93. The van der Waals surface area contributed by atoms with E-state index in [4.69, 9.17) is 0 Å². The zero-order chi connectivity index (χ0) is 9.31. The molecule has 1 aromatic carbocycles. The summed E-state index contributed by atoms with van der Waals surface area (Å²) >= 11 is 0. The van der Waals surface area contributed by atoms with Crippen LogP contribution in [0.1, 0.15) is 12.8 Å². The SMILES string of the molecule is O=S(=O)(Nc1cc[c]cc1)C1CC1. The van der Waals surface area contributed by atoms with Gasteiger partial charge in [0.2, 0.25) is 10.0 Å². The molecule has 0 amide bonds. The Morgan fingerprint density at radius 2 is 1.92 bits per heavy atom. The fourth-order valence-corrected chi connectivity index (χ4v) is 2.47. The van der Waals surface area contributed by atoms with Crippen LogP contribution in [0.15, 0.2) is 24.3 Å². The van der Waals surface area contributed by atoms with Gasteiger partial charge < -0.3 is 0 Å². The fourth-order valence-electron chi connectivity index (χ4n) is 1.08. The van der Waals surface area contributed by atoms with Crippen molar-refractivity contribution >= 4 is 15.7 Å². The van der Waals surface area contributed by atoms with E-state index >= 15 is 0 Å². The molecular weight excluding hydrogens is 186 g/mol. The van der Waals surface area contributed by atoms with Crippen molar-refractivity contribution in [1.29, 1.82) is 0 Å². The lowest BCUT2D eigenvalue weighted by Gasteiger charge is -2.05. The van der Waals surface area contributed by atoms with Crippen molar-refractivity contribution in [1.82, 2.24) is 0 Å². The number of nitrogens with one attached hydrogen (secondary N) is 1. The Kier molecular flexibility index (Phi) is 2.00. The van der Waals surface area contributed by atoms with Crippen molar-refractivity contribution in [2.45, 2.75) is 18.1 Å². The first-order valence-corrected chi connectivity index (χ1v) is 5.71. The molecule has 1 saturated carbocycles. The molecular formula is C9H10NO2S. The predicted molar refractivity (Wildman–Crippen MR) is 50.8 cm³/mol. The maximum absolute atomic E-state index is 11.4. The second kappa shape index (κ2) is 3.03. The molecule has 0 bridgehead atoms. The molecule has 1 fully saturated rings. The van der Waals surface area contributed by atoms with Crippen LogP contribution in [-0.2, 0) is 10.0 Å². The van der Waals surface area contributed by atoms with Crippen LogP contribution in [0.4, 0.5) is 5.69 Å². The summed E-state index contributed by atoms with van der Waals surface area (Å²) in [5.41, 5.74) is 0.616. The van der Waals surface area contributed by atoms with Crippen LogP contribution < -0.4 is 4.72 Å². The Hall–Kier alpha value is -1.03. The molecule has 4 heteroatoms. The molecule has 2 rings (SSSR count). The number of benzene rings is 1. The lowest BCUT2D eigenvalue weighted by atomic mass is 10.3. The van der Waals surface area contributed by atoms with Crippen LogP contribution in [0.5, 0.6) is 0 Å². The van der Waals surface area contributed by atoms with Gasteiger partial charge in [-0.15, -0.1) is 0 Å². The zero-order valence-corrected chi connectivity index (χ0v) is 7.84. The van der Waals surface area contributed by atoms with E-state index in [1.165, 1.54) is 0 Å². The highest BCUT2D eigenvalue weighted by Gasteiger charge is 2.35. The van der Waals surface area contributed by atoms with Crippen LogP contribution in [0.3, 0.4) is 0 Å². The molecule has 0 aromatic heterocycles. The van der Waals surface area contributed by atoms with E-state index in [1.807, 2.05) is 0 Å². The Labute approximate surface area is 77.8 Å². The predicted octanol–water partition coefficient (Wildman–Crippen LogP) is 1.39. The van der Waals surface area contributed by atoms with Gasteiger partial charge in [0.05, 0.1) is 5.25 Å². The molecule has 1 N–H and O–H groups in total. The molecule has 69 valence electrons. The summed E-state index contributed by atoms with van der Waals surface area (Å²) in [6, 6.07) is 9.59. The summed E-state index contributed by atoms with van der Waals surface area (Å²) < 4.78 is 25.4. The summed E-state index contributed by atoms with van der Waals surface area (Å²) in [5, 5.41) is -0.170. The third-order valence-corrected chi connectivity index (χ3v) is 3.81. The third-order valence-electron chi connectivity index (χ3n) is 1.94. The summed E-state index contributed by atoms with van der Waals surface area (Å²) in [6.45, 7) is 0. The topological polar surface area (TPSA) is 46.2 Å². The van der Waals surface area contributed by atoms with Gasteiger partial charge in [0.15, 0.2) is 0 Å². The summed E-state index contributed by atoms with van der Waals surface area (Å²) in [6.07, 6.45) is 1.57. The van der Waals surface area contributed by atoms with Crippen LogP contribution >= 0.6 is 0 Å². The van der Waals surface area contributed by atoms with Crippen LogP contribution in [0, 0.1) is 6.07 Å². The van der Waals surface area contributed by atoms with Gasteiger partial charge in [-0.1, -0.05) is 12.1 Å². The van der Waals surface area contributed by atoms with E-state index in [0.717, 1.165) is 12.8 Å². The number of hydrogen-bond acceptors (Lipinski definition) is 2. The van der Waals surface area contributed by atoms with Gasteiger partial charge in [-0.3, -0.25) is 4.72 Å². The Morgan fingerprint density at radius 3 is 2.46 bits per heavy atom. The lowest BCUT2D eigenvalue weighted by Crippen LogP contribution is -2.17. The van der Waals surface area contributed by atoms with Gasteiger partial charge in [-0.2, -0.15) is 0 Å². The number of anilines is 1. The minimum atomic E-state index is -3.10. The highest BCUT2D eigenvalue weighted by Crippen LogP contribution is 2.29. The highest BCUT2D eigenvalue weighted by atomic mass is 32.2. The van der Waals surface area contributed by atoms with E-state index in [1.54, 1.807) is 24.3 Å². The van der Waals surface area contributed by atoms with Gasteiger partial charge in [0.1, 0.15) is 0 Å².